The normalized spacial score (nSPS) is 14.4. The van der Waals surface area contributed by atoms with Crippen LogP contribution in [0.25, 0.3) is 16.8 Å². The summed E-state index contributed by atoms with van der Waals surface area (Å²) < 4.78 is 7.29. The highest BCUT2D eigenvalue weighted by Crippen LogP contribution is 2.29. The lowest BCUT2D eigenvalue weighted by atomic mass is 10.1. The molecule has 26 heavy (non-hydrogen) atoms. The number of nitrogens with one attached hydrogen (secondary N) is 1. The van der Waals surface area contributed by atoms with E-state index in [0.29, 0.717) is 29.1 Å². The Morgan fingerprint density at radius 1 is 1.23 bits per heavy atom. The van der Waals surface area contributed by atoms with Crippen LogP contribution in [0.2, 0.25) is 0 Å². The van der Waals surface area contributed by atoms with Gasteiger partial charge < -0.3 is 15.0 Å². The lowest BCUT2D eigenvalue weighted by Gasteiger charge is -2.28. The van der Waals surface area contributed by atoms with Crippen molar-refractivity contribution in [1.29, 1.82) is 5.26 Å². The van der Waals surface area contributed by atoms with Gasteiger partial charge in [0, 0.05) is 31.7 Å². The molecule has 1 fully saturated rings. The van der Waals surface area contributed by atoms with E-state index in [4.69, 9.17) is 4.74 Å². The molecule has 0 aliphatic carbocycles. The zero-order chi connectivity index (χ0) is 17.9. The molecule has 1 N–H and O–H groups in total. The van der Waals surface area contributed by atoms with Crippen molar-refractivity contribution < 1.29 is 4.74 Å². The molecule has 3 aromatic rings. The molecule has 0 aromatic carbocycles. The molecule has 0 saturated carbocycles. The number of aromatic nitrogens is 4. The summed E-state index contributed by atoms with van der Waals surface area (Å²) >= 11 is 0. The Balaban J connectivity index is 1.77. The molecule has 8 nitrogen and oxygen atoms in total. The molecule has 0 amide bonds. The summed E-state index contributed by atoms with van der Waals surface area (Å²) in [5.74, 6) is 1.54. The Morgan fingerprint density at radius 2 is 2.08 bits per heavy atom. The highest BCUT2D eigenvalue weighted by Gasteiger charge is 2.16. The first-order chi connectivity index (χ1) is 12.8. The van der Waals surface area contributed by atoms with Crippen LogP contribution in [0.3, 0.4) is 0 Å². The van der Waals surface area contributed by atoms with Crippen LogP contribution < -0.4 is 15.0 Å². The quantitative estimate of drug-likeness (QED) is 0.762. The van der Waals surface area contributed by atoms with Crippen LogP contribution in [0.15, 0.2) is 30.9 Å². The fourth-order valence-electron chi connectivity index (χ4n) is 3.14. The van der Waals surface area contributed by atoms with Crippen molar-refractivity contribution in [2.45, 2.75) is 6.92 Å². The van der Waals surface area contributed by atoms with E-state index < -0.39 is 0 Å². The molecule has 4 heterocycles. The lowest BCUT2D eigenvalue weighted by Crippen LogP contribution is -2.43. The topological polar surface area (TPSA) is 91.4 Å². The minimum absolute atomic E-state index is 0.496. The van der Waals surface area contributed by atoms with Gasteiger partial charge in [-0.15, -0.1) is 0 Å². The summed E-state index contributed by atoms with van der Waals surface area (Å²) in [6, 6.07) is 4.07. The summed E-state index contributed by atoms with van der Waals surface area (Å²) in [4.78, 5) is 11.4. The molecule has 0 radical (unpaired) electrons. The van der Waals surface area contributed by atoms with E-state index in [0.717, 1.165) is 37.6 Å². The SMILES string of the molecule is CCOc1cc(-c2cnc(N3CCNCC3)cn2)c2c(C#N)cnn2c1. The molecular formula is C18H19N7O. The maximum atomic E-state index is 9.40. The smallest absolute Gasteiger partial charge is 0.147 e. The number of ether oxygens (including phenoxy) is 1. The third-order valence-corrected chi connectivity index (χ3v) is 4.37. The van der Waals surface area contributed by atoms with Gasteiger partial charge in [-0.2, -0.15) is 10.4 Å². The molecule has 1 saturated heterocycles. The molecular weight excluding hydrogens is 330 g/mol. The predicted octanol–water partition coefficient (Wildman–Crippen LogP) is 1.47. The molecule has 1 aliphatic rings. The van der Waals surface area contributed by atoms with Gasteiger partial charge in [0.1, 0.15) is 17.6 Å². The molecule has 3 aromatic heterocycles. The van der Waals surface area contributed by atoms with Gasteiger partial charge in [0.25, 0.3) is 0 Å². The summed E-state index contributed by atoms with van der Waals surface area (Å²) in [5.41, 5.74) is 2.67. The zero-order valence-electron chi connectivity index (χ0n) is 14.5. The van der Waals surface area contributed by atoms with E-state index in [1.54, 1.807) is 29.3 Å². The van der Waals surface area contributed by atoms with Crippen LogP contribution in [0.4, 0.5) is 5.82 Å². The van der Waals surface area contributed by atoms with Crippen LogP contribution in [0, 0.1) is 11.3 Å². The number of piperazine rings is 1. The van der Waals surface area contributed by atoms with Crippen molar-refractivity contribution in [3.8, 4) is 23.1 Å². The monoisotopic (exact) mass is 349 g/mol. The number of fused-ring (bicyclic) bond motifs is 1. The zero-order valence-corrected chi connectivity index (χ0v) is 14.5. The fraction of sp³-hybridized carbons (Fsp3) is 0.333. The maximum Gasteiger partial charge on any atom is 0.147 e. The highest BCUT2D eigenvalue weighted by molar-refractivity contribution is 5.83. The van der Waals surface area contributed by atoms with Gasteiger partial charge in [0.2, 0.25) is 0 Å². The Hall–Kier alpha value is -3.18. The van der Waals surface area contributed by atoms with Crippen LogP contribution in [0.5, 0.6) is 5.75 Å². The minimum Gasteiger partial charge on any atom is -0.492 e. The van der Waals surface area contributed by atoms with E-state index in [9.17, 15) is 5.26 Å². The van der Waals surface area contributed by atoms with Gasteiger partial charge >= 0.3 is 0 Å². The van der Waals surface area contributed by atoms with Crippen LogP contribution in [-0.2, 0) is 0 Å². The molecule has 0 unspecified atom stereocenters. The van der Waals surface area contributed by atoms with E-state index in [-0.39, 0.29) is 0 Å². The summed E-state index contributed by atoms with van der Waals surface area (Å²) in [6.45, 7) is 6.20. The number of hydrogen-bond acceptors (Lipinski definition) is 7. The number of nitriles is 1. The van der Waals surface area contributed by atoms with E-state index in [1.165, 1.54) is 0 Å². The standard InChI is InChI=1S/C18H19N7O/c1-2-26-14-7-15(18-13(8-19)9-23-25(18)12-14)16-10-22-17(11-21-16)24-5-3-20-4-6-24/h7,9-12,20H,2-6H2,1H3. The lowest BCUT2D eigenvalue weighted by molar-refractivity contribution is 0.338. The van der Waals surface area contributed by atoms with Crippen molar-refractivity contribution in [2.24, 2.45) is 0 Å². The van der Waals surface area contributed by atoms with Gasteiger partial charge in [0.15, 0.2) is 0 Å². The first-order valence-corrected chi connectivity index (χ1v) is 8.62. The number of anilines is 1. The van der Waals surface area contributed by atoms with Crippen molar-refractivity contribution in [3.05, 3.63) is 36.4 Å². The molecule has 0 bridgehead atoms. The second-order valence-electron chi connectivity index (χ2n) is 5.98. The number of nitrogens with zero attached hydrogens (tertiary/aromatic N) is 6. The van der Waals surface area contributed by atoms with Gasteiger partial charge in [-0.1, -0.05) is 0 Å². The summed E-state index contributed by atoms with van der Waals surface area (Å²) in [5, 5.41) is 17.0. The summed E-state index contributed by atoms with van der Waals surface area (Å²) in [7, 11) is 0. The van der Waals surface area contributed by atoms with Crippen LogP contribution in [-0.4, -0.2) is 52.4 Å². The number of pyridine rings is 1. The first-order valence-electron chi connectivity index (χ1n) is 8.62. The molecule has 0 spiro atoms. The van der Waals surface area contributed by atoms with Crippen molar-refractivity contribution >= 4 is 11.3 Å². The van der Waals surface area contributed by atoms with Gasteiger partial charge in [0.05, 0.1) is 48.2 Å². The molecule has 1 aliphatic heterocycles. The van der Waals surface area contributed by atoms with Crippen molar-refractivity contribution in [3.63, 3.8) is 0 Å². The second-order valence-corrected chi connectivity index (χ2v) is 5.98. The van der Waals surface area contributed by atoms with Crippen molar-refractivity contribution in [2.75, 3.05) is 37.7 Å². The molecule has 4 rings (SSSR count). The van der Waals surface area contributed by atoms with Crippen LogP contribution >= 0.6 is 0 Å². The number of hydrogen-bond donors (Lipinski definition) is 1. The third-order valence-electron chi connectivity index (χ3n) is 4.37. The van der Waals surface area contributed by atoms with Gasteiger partial charge in [-0.3, -0.25) is 4.98 Å². The molecule has 8 heteroatoms. The Labute approximate surface area is 151 Å². The highest BCUT2D eigenvalue weighted by atomic mass is 16.5. The second kappa shape index (κ2) is 6.98. The Morgan fingerprint density at radius 3 is 2.77 bits per heavy atom. The van der Waals surface area contributed by atoms with E-state index in [1.807, 2.05) is 13.0 Å². The van der Waals surface area contributed by atoms with Gasteiger partial charge in [-0.25, -0.2) is 9.50 Å². The predicted molar refractivity (Wildman–Crippen MR) is 97.2 cm³/mol. The Kier molecular flexibility index (Phi) is 4.37. The van der Waals surface area contributed by atoms with Crippen molar-refractivity contribution in [1.82, 2.24) is 24.9 Å². The third kappa shape index (κ3) is 2.93. The average molecular weight is 349 g/mol. The first kappa shape index (κ1) is 16.3. The molecule has 132 valence electrons. The summed E-state index contributed by atoms with van der Waals surface area (Å²) in [6.07, 6.45) is 6.85. The largest absolute Gasteiger partial charge is 0.492 e. The number of rotatable bonds is 4. The van der Waals surface area contributed by atoms with E-state index >= 15 is 0 Å². The molecule has 0 atom stereocenters. The average Bonchev–Trinajstić information content (AvgIpc) is 3.11. The minimum atomic E-state index is 0.496. The fourth-order valence-corrected chi connectivity index (χ4v) is 3.14. The van der Waals surface area contributed by atoms with E-state index in [2.05, 4.69) is 31.4 Å². The van der Waals surface area contributed by atoms with Crippen LogP contribution in [0.1, 0.15) is 12.5 Å². The maximum absolute atomic E-state index is 9.40. The van der Waals surface area contributed by atoms with Gasteiger partial charge in [-0.05, 0) is 13.0 Å². The Bertz CT molecular complexity index is 952.